The smallest absolute Gasteiger partial charge is 0.272 e. The molecule has 230 valence electrons. The number of hydrogen-bond donors (Lipinski definition) is 1. The lowest BCUT2D eigenvalue weighted by atomic mass is 9.98. The van der Waals surface area contributed by atoms with Gasteiger partial charge < -0.3 is 10.1 Å². The van der Waals surface area contributed by atoms with Crippen molar-refractivity contribution in [2.75, 3.05) is 13.1 Å². The van der Waals surface area contributed by atoms with Crippen LogP contribution in [0.3, 0.4) is 0 Å². The molecule has 4 aromatic carbocycles. The Morgan fingerprint density at radius 1 is 0.761 bits per heavy atom. The van der Waals surface area contributed by atoms with Gasteiger partial charge in [-0.05, 0) is 52.3 Å². The van der Waals surface area contributed by atoms with Crippen molar-refractivity contribution in [3.8, 4) is 28.1 Å². The van der Waals surface area contributed by atoms with E-state index in [9.17, 15) is 4.79 Å². The van der Waals surface area contributed by atoms with Crippen LogP contribution < -0.4 is 10.1 Å². The first kappa shape index (κ1) is 29.4. The molecule has 0 aliphatic carbocycles. The normalized spacial score (nSPS) is 13.9. The summed E-state index contributed by atoms with van der Waals surface area (Å²) in [4.78, 5) is 20.6. The van der Waals surface area contributed by atoms with Gasteiger partial charge in [-0.25, -0.2) is 4.68 Å². The van der Waals surface area contributed by atoms with Crippen molar-refractivity contribution < 1.29 is 9.53 Å². The second-order valence-electron chi connectivity index (χ2n) is 11.9. The number of pyridine rings is 1. The Morgan fingerprint density at radius 2 is 1.35 bits per heavy atom. The van der Waals surface area contributed by atoms with Crippen LogP contribution in [0.15, 0.2) is 121 Å². The Hall–Kier alpha value is -5.27. The molecule has 0 unspecified atom stereocenters. The highest BCUT2D eigenvalue weighted by atomic mass is 16.5. The Balaban J connectivity index is 0.975. The zero-order valence-electron chi connectivity index (χ0n) is 26.0. The van der Waals surface area contributed by atoms with Crippen molar-refractivity contribution in [3.63, 3.8) is 0 Å². The van der Waals surface area contributed by atoms with Gasteiger partial charge in [0, 0.05) is 38.8 Å². The molecule has 0 saturated carbocycles. The monoisotopic (exact) mass is 607 g/mol. The van der Waals surface area contributed by atoms with Gasteiger partial charge in [0.05, 0.1) is 5.39 Å². The number of rotatable bonds is 9. The van der Waals surface area contributed by atoms with E-state index in [2.05, 4.69) is 94.2 Å². The summed E-state index contributed by atoms with van der Waals surface area (Å²) in [5.41, 5.74) is 8.21. The zero-order valence-corrected chi connectivity index (χ0v) is 26.0. The van der Waals surface area contributed by atoms with Crippen molar-refractivity contribution in [1.82, 2.24) is 25.0 Å². The molecule has 7 rings (SSSR count). The van der Waals surface area contributed by atoms with Crippen LogP contribution in [0.25, 0.3) is 33.3 Å². The summed E-state index contributed by atoms with van der Waals surface area (Å²) in [5, 5.41) is 8.51. The van der Waals surface area contributed by atoms with Gasteiger partial charge in [0.1, 0.15) is 6.61 Å². The molecule has 1 N–H and O–H groups in total. The Labute approximate surface area is 269 Å². The average Bonchev–Trinajstić information content (AvgIpc) is 3.45. The van der Waals surface area contributed by atoms with Crippen LogP contribution in [0.2, 0.25) is 0 Å². The molecule has 46 heavy (non-hydrogen) atoms. The SMILES string of the molecule is Cn1nc(C(=O)NC2CCN(Cc3ccccc3-c3ccccc3)CC2)c2ccc(OCc3ccccc3-c3ccccc3)nc21. The van der Waals surface area contributed by atoms with Crippen molar-refractivity contribution in [2.45, 2.75) is 32.0 Å². The molecule has 6 aromatic rings. The molecule has 0 atom stereocenters. The van der Waals surface area contributed by atoms with E-state index in [1.807, 2.05) is 49.5 Å². The van der Waals surface area contributed by atoms with Crippen molar-refractivity contribution in [1.29, 1.82) is 0 Å². The second-order valence-corrected chi connectivity index (χ2v) is 11.9. The van der Waals surface area contributed by atoms with Crippen LogP contribution in [-0.4, -0.2) is 44.7 Å². The Morgan fingerprint density at radius 3 is 2.02 bits per heavy atom. The fourth-order valence-corrected chi connectivity index (χ4v) is 6.35. The summed E-state index contributed by atoms with van der Waals surface area (Å²) in [6.07, 6.45) is 1.79. The number of nitrogens with one attached hydrogen (secondary N) is 1. The number of fused-ring (bicyclic) bond motifs is 1. The van der Waals surface area contributed by atoms with Crippen LogP contribution in [0.5, 0.6) is 5.88 Å². The summed E-state index contributed by atoms with van der Waals surface area (Å²) in [7, 11) is 1.81. The topological polar surface area (TPSA) is 72.3 Å². The zero-order chi connectivity index (χ0) is 31.3. The number of hydrogen-bond acceptors (Lipinski definition) is 5. The molecule has 0 radical (unpaired) electrons. The summed E-state index contributed by atoms with van der Waals surface area (Å²) >= 11 is 0. The number of amides is 1. The lowest BCUT2D eigenvalue weighted by molar-refractivity contribution is 0.0905. The molecule has 1 aliphatic heterocycles. The minimum absolute atomic E-state index is 0.102. The molecule has 0 bridgehead atoms. The van der Waals surface area contributed by atoms with Gasteiger partial charge in [-0.1, -0.05) is 109 Å². The molecule has 0 spiro atoms. The largest absolute Gasteiger partial charge is 0.473 e. The number of carbonyl (C=O) groups is 1. The number of benzene rings is 4. The van der Waals surface area contributed by atoms with E-state index in [-0.39, 0.29) is 11.9 Å². The third-order valence-electron chi connectivity index (χ3n) is 8.77. The minimum Gasteiger partial charge on any atom is -0.473 e. The first-order valence-electron chi connectivity index (χ1n) is 15.9. The van der Waals surface area contributed by atoms with E-state index >= 15 is 0 Å². The summed E-state index contributed by atoms with van der Waals surface area (Å²) in [5.74, 6) is 0.331. The molecule has 1 fully saturated rings. The van der Waals surface area contributed by atoms with Crippen LogP contribution in [0, 0.1) is 0 Å². The molecule has 1 amide bonds. The number of aryl methyl sites for hydroxylation is 1. The molecular weight excluding hydrogens is 570 g/mol. The lowest BCUT2D eigenvalue weighted by Crippen LogP contribution is -2.44. The standard InChI is InChI=1S/C39H37N5O2/c1-43-38-35(20-21-36(41-38)46-27-31-17-9-11-19-34(31)29-14-6-3-7-15-29)37(42-43)39(45)40-32-22-24-44(25-23-32)26-30-16-8-10-18-33(30)28-12-4-2-5-13-28/h2-21,32H,22-27H2,1H3,(H,40,45). The molecular formula is C39H37N5O2. The van der Waals surface area contributed by atoms with E-state index < -0.39 is 0 Å². The first-order chi connectivity index (χ1) is 22.6. The van der Waals surface area contributed by atoms with Crippen LogP contribution in [0.4, 0.5) is 0 Å². The van der Waals surface area contributed by atoms with Crippen molar-refractivity contribution >= 4 is 16.9 Å². The van der Waals surface area contributed by atoms with E-state index in [4.69, 9.17) is 9.72 Å². The maximum Gasteiger partial charge on any atom is 0.272 e. The number of aromatic nitrogens is 3. The summed E-state index contributed by atoms with van der Waals surface area (Å²) < 4.78 is 7.79. The number of nitrogens with zero attached hydrogens (tertiary/aromatic N) is 4. The number of carbonyl (C=O) groups excluding carboxylic acids is 1. The first-order valence-corrected chi connectivity index (χ1v) is 15.9. The maximum absolute atomic E-state index is 13.4. The second kappa shape index (κ2) is 13.4. The number of piperidine rings is 1. The third-order valence-corrected chi connectivity index (χ3v) is 8.77. The van der Waals surface area contributed by atoms with Crippen molar-refractivity contribution in [2.24, 2.45) is 7.05 Å². The van der Waals surface area contributed by atoms with Crippen molar-refractivity contribution in [3.05, 3.63) is 138 Å². The quantitative estimate of drug-likeness (QED) is 0.187. The molecule has 1 saturated heterocycles. The van der Waals surface area contributed by atoms with Gasteiger partial charge in [0.2, 0.25) is 5.88 Å². The number of likely N-dealkylation sites (tertiary alicyclic amines) is 1. The molecule has 1 aliphatic rings. The van der Waals surface area contributed by atoms with E-state index in [0.717, 1.165) is 49.2 Å². The van der Waals surface area contributed by atoms with E-state index in [1.54, 1.807) is 4.68 Å². The highest BCUT2D eigenvalue weighted by molar-refractivity contribution is 6.04. The van der Waals surface area contributed by atoms with Gasteiger partial charge in [0.15, 0.2) is 11.3 Å². The van der Waals surface area contributed by atoms with E-state index in [0.29, 0.717) is 29.2 Å². The molecule has 7 heteroatoms. The molecule has 2 aromatic heterocycles. The lowest BCUT2D eigenvalue weighted by Gasteiger charge is -2.32. The van der Waals surface area contributed by atoms with Crippen LogP contribution in [0.1, 0.15) is 34.5 Å². The maximum atomic E-state index is 13.4. The van der Waals surface area contributed by atoms with Gasteiger partial charge in [-0.3, -0.25) is 9.69 Å². The van der Waals surface area contributed by atoms with Gasteiger partial charge >= 0.3 is 0 Å². The molecule has 3 heterocycles. The van der Waals surface area contributed by atoms with Crippen LogP contribution >= 0.6 is 0 Å². The van der Waals surface area contributed by atoms with Gasteiger partial charge in [0.25, 0.3) is 5.91 Å². The highest BCUT2D eigenvalue weighted by Gasteiger charge is 2.25. The predicted molar refractivity (Wildman–Crippen MR) is 182 cm³/mol. The van der Waals surface area contributed by atoms with Gasteiger partial charge in [-0.15, -0.1) is 0 Å². The average molecular weight is 608 g/mol. The van der Waals surface area contributed by atoms with Gasteiger partial charge in [-0.2, -0.15) is 10.1 Å². The Kier molecular flexibility index (Phi) is 8.57. The predicted octanol–water partition coefficient (Wildman–Crippen LogP) is 7.28. The Bertz CT molecular complexity index is 1950. The highest BCUT2D eigenvalue weighted by Crippen LogP contribution is 2.27. The number of ether oxygens (including phenoxy) is 1. The van der Waals surface area contributed by atoms with E-state index in [1.165, 1.54) is 16.7 Å². The fraction of sp³-hybridized carbons (Fsp3) is 0.205. The molecule has 7 nitrogen and oxygen atoms in total. The van der Waals surface area contributed by atoms with Crippen LogP contribution in [-0.2, 0) is 20.2 Å². The minimum atomic E-state index is -0.161. The summed E-state index contributed by atoms with van der Waals surface area (Å²) in [6, 6.07) is 41.5. The fourth-order valence-electron chi connectivity index (χ4n) is 6.35. The third kappa shape index (κ3) is 6.41. The summed E-state index contributed by atoms with van der Waals surface area (Å²) in [6.45, 7) is 3.12.